The third-order valence-corrected chi connectivity index (χ3v) is 4.24. The quantitative estimate of drug-likeness (QED) is 0.737. The van der Waals surface area contributed by atoms with E-state index in [1.807, 2.05) is 34.9 Å². The van der Waals surface area contributed by atoms with Crippen molar-refractivity contribution >= 4 is 5.91 Å². The molecule has 1 amide bonds. The Morgan fingerprint density at radius 3 is 2.75 bits per heavy atom. The Labute approximate surface area is 138 Å². The molecule has 0 radical (unpaired) electrons. The van der Waals surface area contributed by atoms with Crippen LogP contribution >= 0.6 is 0 Å². The highest BCUT2D eigenvalue weighted by Crippen LogP contribution is 2.29. The third-order valence-electron chi connectivity index (χ3n) is 4.24. The maximum absolute atomic E-state index is 12.8. The highest BCUT2D eigenvalue weighted by Gasteiger charge is 2.35. The van der Waals surface area contributed by atoms with Crippen molar-refractivity contribution in [3.05, 3.63) is 53.9 Å². The van der Waals surface area contributed by atoms with Gasteiger partial charge in [0.2, 0.25) is 5.91 Å². The van der Waals surface area contributed by atoms with Gasteiger partial charge in [0.1, 0.15) is 18.0 Å². The van der Waals surface area contributed by atoms with Crippen LogP contribution < -0.4 is 0 Å². The number of aryl methyl sites for hydroxylation is 1. The standard InChI is InChI=1S/C17H17N5O2/c1-11-18-13(10-24-11)16-20-19-15-9-21(2)17(23)14(22(15)16)8-12-6-4-3-5-7-12/h3-7,10,14H,8-9H2,1-2H3/t14-/m0/s1. The molecule has 1 atom stereocenters. The Hall–Kier alpha value is -2.96. The number of carbonyl (C=O) groups is 1. The monoisotopic (exact) mass is 323 g/mol. The Morgan fingerprint density at radius 1 is 1.25 bits per heavy atom. The van der Waals surface area contributed by atoms with Gasteiger partial charge in [0.25, 0.3) is 0 Å². The van der Waals surface area contributed by atoms with E-state index in [-0.39, 0.29) is 11.9 Å². The average Bonchev–Trinajstić information content (AvgIpc) is 3.18. The first-order chi connectivity index (χ1) is 11.6. The van der Waals surface area contributed by atoms with Crippen LogP contribution in [0.1, 0.15) is 23.3 Å². The number of amides is 1. The molecule has 7 nitrogen and oxygen atoms in total. The molecule has 0 N–H and O–H groups in total. The normalized spacial score (nSPS) is 17.2. The highest BCUT2D eigenvalue weighted by atomic mass is 16.3. The van der Waals surface area contributed by atoms with Gasteiger partial charge in [0.15, 0.2) is 17.5 Å². The lowest BCUT2D eigenvalue weighted by molar-refractivity contribution is -0.135. The molecule has 3 heterocycles. The number of rotatable bonds is 3. The summed E-state index contributed by atoms with van der Waals surface area (Å²) in [5, 5.41) is 8.51. The van der Waals surface area contributed by atoms with Gasteiger partial charge in [-0.15, -0.1) is 10.2 Å². The number of likely N-dealkylation sites (N-methyl/N-ethyl adjacent to an activating group) is 1. The van der Waals surface area contributed by atoms with Crippen molar-refractivity contribution in [2.45, 2.75) is 25.9 Å². The molecule has 24 heavy (non-hydrogen) atoms. The first-order valence-corrected chi connectivity index (χ1v) is 7.78. The number of nitrogens with zero attached hydrogens (tertiary/aromatic N) is 5. The maximum Gasteiger partial charge on any atom is 0.246 e. The van der Waals surface area contributed by atoms with Crippen LogP contribution in [0.5, 0.6) is 0 Å². The topological polar surface area (TPSA) is 77.1 Å². The smallest absolute Gasteiger partial charge is 0.246 e. The summed E-state index contributed by atoms with van der Waals surface area (Å²) in [5.74, 6) is 1.94. The van der Waals surface area contributed by atoms with Crippen molar-refractivity contribution in [3.63, 3.8) is 0 Å². The zero-order valence-corrected chi connectivity index (χ0v) is 13.5. The molecule has 0 bridgehead atoms. The van der Waals surface area contributed by atoms with Crippen molar-refractivity contribution in [1.82, 2.24) is 24.6 Å². The second-order valence-electron chi connectivity index (χ2n) is 5.96. The molecule has 3 aromatic rings. The predicted octanol–water partition coefficient (Wildman–Crippen LogP) is 2.00. The number of oxazole rings is 1. The molecule has 0 saturated heterocycles. The minimum absolute atomic E-state index is 0.0487. The first-order valence-electron chi connectivity index (χ1n) is 7.78. The number of benzene rings is 1. The van der Waals surface area contributed by atoms with E-state index in [1.54, 1.807) is 25.1 Å². The van der Waals surface area contributed by atoms with Crippen LogP contribution in [0.3, 0.4) is 0 Å². The summed E-state index contributed by atoms with van der Waals surface area (Å²) in [5.41, 5.74) is 1.69. The molecule has 0 saturated carbocycles. The van der Waals surface area contributed by atoms with Crippen molar-refractivity contribution < 1.29 is 9.21 Å². The lowest BCUT2D eigenvalue weighted by atomic mass is 10.0. The summed E-state index contributed by atoms with van der Waals surface area (Å²) in [7, 11) is 1.79. The molecular formula is C17H17N5O2. The van der Waals surface area contributed by atoms with E-state index in [0.29, 0.717) is 30.4 Å². The molecule has 0 unspecified atom stereocenters. The fourth-order valence-electron chi connectivity index (χ4n) is 3.07. The van der Waals surface area contributed by atoms with Crippen LogP contribution in [-0.4, -0.2) is 37.6 Å². The van der Waals surface area contributed by atoms with Gasteiger partial charge in [-0.05, 0) is 5.56 Å². The zero-order chi connectivity index (χ0) is 16.7. The Kier molecular flexibility index (Phi) is 3.41. The molecule has 1 aliphatic rings. The molecule has 1 aliphatic heterocycles. The molecule has 0 spiro atoms. The molecule has 2 aromatic heterocycles. The molecule has 7 heteroatoms. The molecular weight excluding hydrogens is 306 g/mol. The lowest BCUT2D eigenvalue weighted by Gasteiger charge is -2.31. The van der Waals surface area contributed by atoms with Crippen molar-refractivity contribution in [1.29, 1.82) is 0 Å². The van der Waals surface area contributed by atoms with Crippen LogP contribution in [0.25, 0.3) is 11.5 Å². The van der Waals surface area contributed by atoms with Crippen molar-refractivity contribution in [2.75, 3.05) is 7.05 Å². The van der Waals surface area contributed by atoms with Crippen molar-refractivity contribution in [3.8, 4) is 11.5 Å². The van der Waals surface area contributed by atoms with Gasteiger partial charge in [-0.1, -0.05) is 30.3 Å². The fourth-order valence-corrected chi connectivity index (χ4v) is 3.07. The van der Waals surface area contributed by atoms with E-state index >= 15 is 0 Å². The molecule has 0 fully saturated rings. The number of hydrogen-bond donors (Lipinski definition) is 0. The van der Waals surface area contributed by atoms with Gasteiger partial charge in [0, 0.05) is 20.4 Å². The van der Waals surface area contributed by atoms with Crippen LogP contribution in [0.4, 0.5) is 0 Å². The number of fused-ring (bicyclic) bond motifs is 1. The van der Waals surface area contributed by atoms with E-state index < -0.39 is 0 Å². The van der Waals surface area contributed by atoms with Gasteiger partial charge >= 0.3 is 0 Å². The van der Waals surface area contributed by atoms with Gasteiger partial charge in [-0.25, -0.2) is 4.98 Å². The number of aromatic nitrogens is 4. The predicted molar refractivity (Wildman–Crippen MR) is 85.9 cm³/mol. The Bertz CT molecular complexity index is 884. The summed E-state index contributed by atoms with van der Waals surface area (Å²) in [6, 6.07) is 9.56. The van der Waals surface area contributed by atoms with Gasteiger partial charge in [-0.3, -0.25) is 9.36 Å². The zero-order valence-electron chi connectivity index (χ0n) is 13.5. The van der Waals surface area contributed by atoms with E-state index in [1.165, 1.54) is 0 Å². The largest absolute Gasteiger partial charge is 0.449 e. The molecule has 4 rings (SSSR count). The number of carbonyl (C=O) groups excluding carboxylic acids is 1. The highest BCUT2D eigenvalue weighted by molar-refractivity contribution is 5.82. The summed E-state index contributed by atoms with van der Waals surface area (Å²) >= 11 is 0. The van der Waals surface area contributed by atoms with E-state index in [9.17, 15) is 4.79 Å². The maximum atomic E-state index is 12.8. The summed E-state index contributed by atoms with van der Waals surface area (Å²) in [6.45, 7) is 2.21. The average molecular weight is 323 g/mol. The van der Waals surface area contributed by atoms with E-state index in [4.69, 9.17) is 4.42 Å². The van der Waals surface area contributed by atoms with Crippen molar-refractivity contribution in [2.24, 2.45) is 0 Å². The minimum atomic E-state index is -0.386. The van der Waals surface area contributed by atoms with E-state index in [0.717, 1.165) is 11.4 Å². The second-order valence-corrected chi connectivity index (χ2v) is 5.96. The SMILES string of the molecule is Cc1nc(-c2nnc3n2[C@@H](Cc2ccccc2)C(=O)N(C)C3)co1. The van der Waals surface area contributed by atoms with Gasteiger partial charge < -0.3 is 9.32 Å². The first kappa shape index (κ1) is 14.6. The fraction of sp³-hybridized carbons (Fsp3) is 0.294. The Balaban J connectivity index is 1.80. The van der Waals surface area contributed by atoms with Crippen LogP contribution in [-0.2, 0) is 17.8 Å². The molecule has 0 aliphatic carbocycles. The van der Waals surface area contributed by atoms with Crippen LogP contribution in [0.2, 0.25) is 0 Å². The summed E-state index contributed by atoms with van der Waals surface area (Å²) < 4.78 is 7.19. The third kappa shape index (κ3) is 2.38. The minimum Gasteiger partial charge on any atom is -0.449 e. The summed E-state index contributed by atoms with van der Waals surface area (Å²) in [6.07, 6.45) is 2.13. The van der Waals surface area contributed by atoms with Gasteiger partial charge in [-0.2, -0.15) is 0 Å². The molecule has 1 aromatic carbocycles. The Morgan fingerprint density at radius 2 is 2.04 bits per heavy atom. The summed E-state index contributed by atoms with van der Waals surface area (Å²) in [4.78, 5) is 18.8. The molecule has 122 valence electrons. The van der Waals surface area contributed by atoms with Crippen LogP contribution in [0, 0.1) is 6.92 Å². The lowest BCUT2D eigenvalue weighted by Crippen LogP contribution is -2.41. The van der Waals surface area contributed by atoms with Crippen LogP contribution in [0.15, 0.2) is 41.0 Å². The van der Waals surface area contributed by atoms with Gasteiger partial charge in [0.05, 0.1) is 6.54 Å². The second kappa shape index (κ2) is 5.59. The number of hydrogen-bond acceptors (Lipinski definition) is 5. The van der Waals surface area contributed by atoms with E-state index in [2.05, 4.69) is 15.2 Å².